The third-order valence-corrected chi connectivity index (χ3v) is 8.35. The molecule has 18 nitrogen and oxygen atoms in total. The second kappa shape index (κ2) is 20.5. The van der Waals surface area contributed by atoms with Gasteiger partial charge in [-0.3, -0.25) is 33.8 Å². The van der Waals surface area contributed by atoms with Crippen molar-refractivity contribution in [3.05, 3.63) is 77.1 Å². The number of halogens is 4. The maximum absolute atomic E-state index is 13.8. The van der Waals surface area contributed by atoms with Crippen LogP contribution < -0.4 is 44.2 Å². The average molecular weight is 819 g/mol. The topological polar surface area (TPSA) is 298 Å². The zero-order valence-corrected chi connectivity index (χ0v) is 31.8. The van der Waals surface area contributed by atoms with Crippen LogP contribution in [0.5, 0.6) is 0 Å². The summed E-state index contributed by atoms with van der Waals surface area (Å²) in [6.45, 7) is 4.91. The zero-order chi connectivity index (χ0) is 43.3. The predicted molar refractivity (Wildman–Crippen MR) is 201 cm³/mol. The molecule has 12 N–H and O–H groups in total. The van der Waals surface area contributed by atoms with Crippen LogP contribution >= 0.6 is 0 Å². The van der Waals surface area contributed by atoms with Crippen molar-refractivity contribution in [3.8, 4) is 5.69 Å². The number of carbonyl (C=O) groups excluding carboxylic acids is 6. The summed E-state index contributed by atoms with van der Waals surface area (Å²) in [5, 5.41) is 13.9. The number of aromatic nitrogens is 3. The van der Waals surface area contributed by atoms with Crippen molar-refractivity contribution in [1.82, 2.24) is 36.0 Å². The number of rotatable bonds is 20. The minimum atomic E-state index is -4.65. The van der Waals surface area contributed by atoms with E-state index in [2.05, 4.69) is 36.3 Å². The lowest BCUT2D eigenvalue weighted by Gasteiger charge is -2.26. The first kappa shape index (κ1) is 45.8. The summed E-state index contributed by atoms with van der Waals surface area (Å²) in [5.41, 5.74) is 21.1. The number of carbonyl (C=O) groups is 6. The highest BCUT2D eigenvalue weighted by Crippen LogP contribution is 2.30. The minimum absolute atomic E-state index is 0.00618. The first-order valence-electron chi connectivity index (χ1n) is 17.8. The highest BCUT2D eigenvalue weighted by molar-refractivity contribution is 5.98. The fourth-order valence-corrected chi connectivity index (χ4v) is 5.55. The van der Waals surface area contributed by atoms with E-state index in [1.807, 2.05) is 0 Å². The second-order valence-electron chi connectivity index (χ2n) is 13.6. The summed E-state index contributed by atoms with van der Waals surface area (Å²) in [5.74, 6) is -7.20. The predicted octanol–water partition coefficient (Wildman–Crippen LogP) is -0.0105. The SMILES string of the molecule is Cc1nc(C(=O)N[C@@H](CCCN=C(N)N)C(=O)N[C@@H](CC(C)C)C(=O)N[C@@H](CC(N)=O)C(=O)N[C@@H](Cc2ccc(F)cc2)C(N)=O)nn1-c1cccc(C(F)(F)F)c1. The smallest absolute Gasteiger partial charge is 0.370 e. The summed E-state index contributed by atoms with van der Waals surface area (Å²) in [6, 6.07) is 3.51. The first-order chi connectivity index (χ1) is 27.1. The molecular weight excluding hydrogens is 772 g/mol. The van der Waals surface area contributed by atoms with Crippen molar-refractivity contribution < 1.29 is 46.3 Å². The lowest BCUT2D eigenvalue weighted by Crippen LogP contribution is -2.59. The number of hydrogen-bond acceptors (Lipinski definition) is 9. The van der Waals surface area contributed by atoms with Gasteiger partial charge < -0.3 is 44.2 Å². The third-order valence-electron chi connectivity index (χ3n) is 8.35. The van der Waals surface area contributed by atoms with Crippen LogP contribution in [-0.2, 0) is 36.6 Å². The van der Waals surface area contributed by atoms with Gasteiger partial charge in [-0.05, 0) is 68.0 Å². The molecule has 0 unspecified atom stereocenters. The lowest BCUT2D eigenvalue weighted by atomic mass is 10.0. The number of alkyl halides is 3. The summed E-state index contributed by atoms with van der Waals surface area (Å²) in [4.78, 5) is 86.4. The Balaban J connectivity index is 1.84. The van der Waals surface area contributed by atoms with Gasteiger partial charge in [-0.15, -0.1) is 5.10 Å². The number of nitrogens with zero attached hydrogens (tertiary/aromatic N) is 4. The van der Waals surface area contributed by atoms with Gasteiger partial charge in [-0.2, -0.15) is 13.2 Å². The van der Waals surface area contributed by atoms with Crippen LogP contribution in [-0.4, -0.2) is 86.9 Å². The second-order valence-corrected chi connectivity index (χ2v) is 13.6. The third kappa shape index (κ3) is 14.2. The monoisotopic (exact) mass is 818 g/mol. The molecule has 0 aliphatic heterocycles. The van der Waals surface area contributed by atoms with Gasteiger partial charge in [0, 0.05) is 13.0 Å². The van der Waals surface area contributed by atoms with Gasteiger partial charge in [0.05, 0.1) is 17.7 Å². The summed E-state index contributed by atoms with van der Waals surface area (Å²) >= 11 is 0. The summed E-state index contributed by atoms with van der Waals surface area (Å²) in [6.07, 6.45) is -5.47. The molecule has 1 aromatic heterocycles. The Morgan fingerprint density at radius 1 is 0.828 bits per heavy atom. The molecule has 6 amide bonds. The van der Waals surface area contributed by atoms with E-state index in [-0.39, 0.29) is 55.6 Å². The van der Waals surface area contributed by atoms with E-state index in [1.165, 1.54) is 25.1 Å². The maximum Gasteiger partial charge on any atom is 0.416 e. The fourth-order valence-electron chi connectivity index (χ4n) is 5.55. The van der Waals surface area contributed by atoms with Crippen molar-refractivity contribution in [1.29, 1.82) is 0 Å². The molecule has 22 heteroatoms. The standard InChI is InChI=1S/C36H46F4N12O6/c1-18(2)14-26(32(56)50-27(17-28(41)53)33(57)48-25(29(42)54)15-20-9-11-22(37)12-10-20)49-31(55)24(8-5-13-45-35(43)44)47-34(58)30-46-19(3)52(51-30)23-7-4-6-21(16-23)36(38,39)40/h4,6-7,9-12,16,18,24-27H,5,8,13-15,17H2,1-3H3,(H2,41,53)(H2,42,54)(H,47,58)(H,48,57)(H,49,55)(H,50,56)(H4,43,44,45)/t24-,25-,26-,27-/m0/s1. The van der Waals surface area contributed by atoms with Gasteiger partial charge in [-0.1, -0.05) is 32.0 Å². The number of primary amides is 2. The number of aryl methyl sites for hydroxylation is 1. The quantitative estimate of drug-likeness (QED) is 0.0327. The Labute approximate surface area is 329 Å². The number of benzene rings is 2. The number of nitrogens with one attached hydrogen (secondary N) is 4. The maximum atomic E-state index is 13.8. The van der Waals surface area contributed by atoms with Crippen LogP contribution in [0.1, 0.15) is 67.1 Å². The highest BCUT2D eigenvalue weighted by Gasteiger charge is 2.34. The molecular formula is C36H46F4N12O6. The molecule has 0 aliphatic carbocycles. The number of aliphatic imine (C=N–C) groups is 1. The number of nitrogens with two attached hydrogens (primary N) is 4. The lowest BCUT2D eigenvalue weighted by molar-refractivity contribution is -0.137. The largest absolute Gasteiger partial charge is 0.416 e. The van der Waals surface area contributed by atoms with Gasteiger partial charge >= 0.3 is 6.18 Å². The van der Waals surface area contributed by atoms with E-state index in [4.69, 9.17) is 22.9 Å². The van der Waals surface area contributed by atoms with Gasteiger partial charge in [0.1, 0.15) is 35.8 Å². The zero-order valence-electron chi connectivity index (χ0n) is 31.8. The molecule has 0 spiro atoms. The molecule has 0 fully saturated rings. The Bertz CT molecular complexity index is 1980. The van der Waals surface area contributed by atoms with Gasteiger partial charge in [0.25, 0.3) is 5.91 Å². The van der Waals surface area contributed by atoms with Gasteiger partial charge in [-0.25, -0.2) is 14.1 Å². The number of guanidine groups is 1. The molecule has 0 saturated carbocycles. The van der Waals surface area contributed by atoms with Crippen LogP contribution in [0.15, 0.2) is 53.5 Å². The highest BCUT2D eigenvalue weighted by atomic mass is 19.4. The summed E-state index contributed by atoms with van der Waals surface area (Å²) < 4.78 is 54.5. The van der Waals surface area contributed by atoms with Crippen molar-refractivity contribution in [2.24, 2.45) is 33.8 Å². The number of hydrogen-bond donors (Lipinski definition) is 8. The Hall–Kier alpha value is -6.61. The van der Waals surface area contributed by atoms with E-state index in [0.29, 0.717) is 5.56 Å². The molecule has 0 aliphatic rings. The van der Waals surface area contributed by atoms with Crippen LogP contribution in [0, 0.1) is 18.7 Å². The molecule has 4 atom stereocenters. The normalized spacial score (nSPS) is 13.4. The van der Waals surface area contributed by atoms with Crippen molar-refractivity contribution >= 4 is 41.4 Å². The van der Waals surface area contributed by atoms with E-state index in [1.54, 1.807) is 13.8 Å². The number of amides is 6. The average Bonchev–Trinajstić information content (AvgIpc) is 3.53. The van der Waals surface area contributed by atoms with E-state index >= 15 is 0 Å². The molecule has 3 aromatic rings. The van der Waals surface area contributed by atoms with Crippen molar-refractivity contribution in [2.75, 3.05) is 6.54 Å². The molecule has 0 radical (unpaired) electrons. The van der Waals surface area contributed by atoms with Crippen LogP contribution in [0.4, 0.5) is 17.6 Å². The Morgan fingerprint density at radius 2 is 1.43 bits per heavy atom. The van der Waals surface area contributed by atoms with E-state index in [0.717, 1.165) is 35.0 Å². The molecule has 0 bridgehead atoms. The molecule has 0 saturated heterocycles. The molecule has 3 rings (SSSR count). The molecule has 58 heavy (non-hydrogen) atoms. The van der Waals surface area contributed by atoms with E-state index in [9.17, 15) is 46.3 Å². The van der Waals surface area contributed by atoms with Crippen LogP contribution in [0.25, 0.3) is 5.69 Å². The Kier molecular flexibility index (Phi) is 16.2. The van der Waals surface area contributed by atoms with E-state index < -0.39 is 89.4 Å². The molecule has 314 valence electrons. The van der Waals surface area contributed by atoms with Crippen molar-refractivity contribution in [3.63, 3.8) is 0 Å². The van der Waals surface area contributed by atoms with Crippen molar-refractivity contribution in [2.45, 2.75) is 83.2 Å². The first-order valence-corrected chi connectivity index (χ1v) is 17.8. The van der Waals surface area contributed by atoms with Gasteiger partial charge in [0.2, 0.25) is 35.4 Å². The molecule has 1 heterocycles. The molecule has 2 aromatic carbocycles. The fraction of sp³-hybridized carbons (Fsp3) is 0.417. The van der Waals surface area contributed by atoms with Crippen LogP contribution in [0.2, 0.25) is 0 Å². The van der Waals surface area contributed by atoms with Crippen LogP contribution in [0.3, 0.4) is 0 Å². The summed E-state index contributed by atoms with van der Waals surface area (Å²) in [7, 11) is 0. The minimum Gasteiger partial charge on any atom is -0.370 e. The van der Waals surface area contributed by atoms with Gasteiger partial charge in [0.15, 0.2) is 5.96 Å². The Morgan fingerprint density at radius 3 is 2.02 bits per heavy atom.